The summed E-state index contributed by atoms with van der Waals surface area (Å²) in [6, 6.07) is 13.9. The van der Waals surface area contributed by atoms with E-state index in [4.69, 9.17) is 4.74 Å². The fraction of sp³-hybridized carbons (Fsp3) is 0.258. The van der Waals surface area contributed by atoms with Gasteiger partial charge < -0.3 is 9.30 Å². The van der Waals surface area contributed by atoms with Crippen molar-refractivity contribution < 1.29 is 14.5 Å². The maximum absolute atomic E-state index is 14.0. The van der Waals surface area contributed by atoms with Crippen LogP contribution in [0.25, 0.3) is 11.8 Å². The van der Waals surface area contributed by atoms with Gasteiger partial charge in [-0.15, -0.1) is 0 Å². The number of aryl methyl sites for hydroxylation is 3. The third-order valence-electron chi connectivity index (χ3n) is 7.30. The number of hydrogen-bond donors (Lipinski definition) is 0. The quantitative estimate of drug-likeness (QED) is 0.189. The summed E-state index contributed by atoms with van der Waals surface area (Å²) in [4.78, 5) is 43.0. The van der Waals surface area contributed by atoms with Crippen LogP contribution in [0.4, 0.5) is 5.69 Å². The first kappa shape index (κ1) is 28.0. The van der Waals surface area contributed by atoms with Crippen LogP contribution in [0.3, 0.4) is 0 Å². The van der Waals surface area contributed by atoms with Gasteiger partial charge >= 0.3 is 5.97 Å². The number of nitrogens with zero attached hydrogens (tertiary/aromatic N) is 4. The van der Waals surface area contributed by atoms with Gasteiger partial charge in [-0.25, -0.2) is 9.79 Å². The Labute approximate surface area is 240 Å². The highest BCUT2D eigenvalue weighted by Gasteiger charge is 2.33. The van der Waals surface area contributed by atoms with Crippen molar-refractivity contribution in [1.82, 2.24) is 9.13 Å². The van der Waals surface area contributed by atoms with Gasteiger partial charge in [-0.3, -0.25) is 19.5 Å². The van der Waals surface area contributed by atoms with E-state index in [1.807, 2.05) is 68.7 Å². The standard InChI is InChI=1S/C31H30N4O5S/c1-7-40-30(37)27-20(5)32-31-34(28(27)22-10-8-17(2)9-11-22)29(36)26(41-31)16-23-15-19(4)33(21(23)6)25-13-12-24(35(38)39)14-18(25)3/h8-16,28H,7H2,1-6H3/b26-16+/t28-/m0/s1. The SMILES string of the molecule is CCOC(=O)C1=C(C)N=c2s/c(=C/c3cc(C)n(-c4ccc([N+](=O)[O-])cc4C)c3C)c(=O)n2[C@H]1c1ccc(C)cc1. The zero-order chi connectivity index (χ0) is 29.6. The van der Waals surface area contributed by atoms with Crippen LogP contribution in [-0.4, -0.2) is 26.6 Å². The second-order valence-electron chi connectivity index (χ2n) is 10.1. The van der Waals surface area contributed by atoms with Crippen molar-refractivity contribution in [1.29, 1.82) is 0 Å². The molecule has 1 atom stereocenters. The van der Waals surface area contributed by atoms with E-state index in [0.717, 1.165) is 39.3 Å². The summed E-state index contributed by atoms with van der Waals surface area (Å²) >= 11 is 1.27. The number of esters is 1. The van der Waals surface area contributed by atoms with Crippen LogP contribution >= 0.6 is 11.3 Å². The molecule has 1 aliphatic heterocycles. The molecule has 41 heavy (non-hydrogen) atoms. The second kappa shape index (κ2) is 10.8. The first-order valence-electron chi connectivity index (χ1n) is 13.2. The monoisotopic (exact) mass is 570 g/mol. The van der Waals surface area contributed by atoms with Crippen molar-refractivity contribution in [3.8, 4) is 5.69 Å². The lowest BCUT2D eigenvalue weighted by Crippen LogP contribution is -2.39. The summed E-state index contributed by atoms with van der Waals surface area (Å²) in [5.41, 5.74) is 6.80. The van der Waals surface area contributed by atoms with Crippen molar-refractivity contribution in [2.24, 2.45) is 4.99 Å². The highest BCUT2D eigenvalue weighted by molar-refractivity contribution is 7.07. The van der Waals surface area contributed by atoms with Gasteiger partial charge in [0.2, 0.25) is 0 Å². The molecule has 210 valence electrons. The topological polar surface area (TPSA) is 109 Å². The van der Waals surface area contributed by atoms with Gasteiger partial charge in [0.1, 0.15) is 0 Å². The minimum absolute atomic E-state index is 0.0376. The molecule has 10 heteroatoms. The highest BCUT2D eigenvalue weighted by atomic mass is 32.1. The van der Waals surface area contributed by atoms with Crippen molar-refractivity contribution in [3.63, 3.8) is 0 Å². The van der Waals surface area contributed by atoms with Gasteiger partial charge in [-0.05, 0) is 76.4 Å². The largest absolute Gasteiger partial charge is 0.463 e. The van der Waals surface area contributed by atoms with Crippen molar-refractivity contribution in [2.45, 2.75) is 47.6 Å². The molecule has 0 unspecified atom stereocenters. The van der Waals surface area contributed by atoms with E-state index < -0.39 is 16.9 Å². The Bertz CT molecular complexity index is 1930. The first-order chi connectivity index (χ1) is 19.5. The van der Waals surface area contributed by atoms with E-state index >= 15 is 0 Å². The van der Waals surface area contributed by atoms with E-state index in [-0.39, 0.29) is 17.9 Å². The summed E-state index contributed by atoms with van der Waals surface area (Å²) in [5.74, 6) is -0.490. The number of ether oxygens (including phenoxy) is 1. The molecule has 0 N–H and O–H groups in total. The van der Waals surface area contributed by atoms with Gasteiger partial charge in [0.25, 0.3) is 11.2 Å². The number of rotatable bonds is 6. The second-order valence-corrected chi connectivity index (χ2v) is 11.1. The molecule has 0 spiro atoms. The first-order valence-corrected chi connectivity index (χ1v) is 14.0. The van der Waals surface area contributed by atoms with Crippen LogP contribution in [0.5, 0.6) is 0 Å². The average Bonchev–Trinajstić information content (AvgIpc) is 3.37. The molecule has 5 rings (SSSR count). The minimum Gasteiger partial charge on any atom is -0.463 e. The molecule has 0 aliphatic carbocycles. The van der Waals surface area contributed by atoms with E-state index in [1.54, 1.807) is 30.5 Å². The molecular formula is C31H30N4O5S. The van der Waals surface area contributed by atoms with E-state index in [2.05, 4.69) is 4.99 Å². The van der Waals surface area contributed by atoms with Crippen LogP contribution in [0.1, 0.15) is 53.5 Å². The minimum atomic E-state index is -0.664. The van der Waals surface area contributed by atoms with Crippen LogP contribution in [0.2, 0.25) is 0 Å². The predicted molar refractivity (Wildman–Crippen MR) is 158 cm³/mol. The van der Waals surface area contributed by atoms with Crippen molar-refractivity contribution >= 4 is 29.1 Å². The van der Waals surface area contributed by atoms with E-state index in [0.29, 0.717) is 20.6 Å². The molecule has 9 nitrogen and oxygen atoms in total. The number of non-ortho nitro benzene ring substituents is 1. The third kappa shape index (κ3) is 4.95. The molecular weight excluding hydrogens is 540 g/mol. The molecule has 0 radical (unpaired) electrons. The van der Waals surface area contributed by atoms with Crippen molar-refractivity contribution in [3.05, 3.63) is 123 Å². The number of carbonyl (C=O) groups is 1. The summed E-state index contributed by atoms with van der Waals surface area (Å²) in [7, 11) is 0. The molecule has 1 aliphatic rings. The fourth-order valence-electron chi connectivity index (χ4n) is 5.31. The molecule has 0 amide bonds. The van der Waals surface area contributed by atoms with Crippen LogP contribution in [-0.2, 0) is 9.53 Å². The van der Waals surface area contributed by atoms with Gasteiger partial charge in [-0.2, -0.15) is 0 Å². The summed E-state index contributed by atoms with van der Waals surface area (Å²) in [6.45, 7) is 11.5. The Balaban J connectivity index is 1.67. The van der Waals surface area contributed by atoms with Crippen LogP contribution in [0.15, 0.2) is 69.6 Å². The summed E-state index contributed by atoms with van der Waals surface area (Å²) in [5, 5.41) is 11.2. The molecule has 0 fully saturated rings. The Morgan fingerprint density at radius 1 is 1.10 bits per heavy atom. The molecule has 0 saturated carbocycles. The third-order valence-corrected chi connectivity index (χ3v) is 8.28. The number of carbonyl (C=O) groups excluding carboxylic acids is 1. The number of allylic oxidation sites excluding steroid dienone is 1. The molecule has 0 saturated heterocycles. The number of thiazole rings is 1. The van der Waals surface area contributed by atoms with Gasteiger partial charge in [0, 0.05) is 29.2 Å². The zero-order valence-corrected chi connectivity index (χ0v) is 24.5. The van der Waals surface area contributed by atoms with Crippen LogP contribution < -0.4 is 14.9 Å². The number of nitro groups is 1. The molecule has 3 heterocycles. The molecule has 2 aromatic heterocycles. The van der Waals surface area contributed by atoms with Gasteiger partial charge in [0.15, 0.2) is 4.80 Å². The Morgan fingerprint density at radius 2 is 1.80 bits per heavy atom. The maximum atomic E-state index is 14.0. The number of nitro benzene ring substituents is 1. The number of fused-ring (bicyclic) bond motifs is 1. The Hall–Kier alpha value is -4.57. The number of hydrogen-bond acceptors (Lipinski definition) is 7. The average molecular weight is 571 g/mol. The van der Waals surface area contributed by atoms with Gasteiger partial charge in [-0.1, -0.05) is 41.2 Å². The Morgan fingerprint density at radius 3 is 2.44 bits per heavy atom. The smallest absolute Gasteiger partial charge is 0.338 e. The van der Waals surface area contributed by atoms with E-state index in [1.165, 1.54) is 17.4 Å². The summed E-state index contributed by atoms with van der Waals surface area (Å²) in [6.07, 6.45) is 1.85. The number of benzene rings is 2. The fourth-order valence-corrected chi connectivity index (χ4v) is 6.34. The molecule has 4 aromatic rings. The van der Waals surface area contributed by atoms with Gasteiger partial charge in [0.05, 0.1) is 33.4 Å². The predicted octanol–water partition coefficient (Wildman–Crippen LogP) is 4.73. The van der Waals surface area contributed by atoms with Crippen molar-refractivity contribution in [2.75, 3.05) is 6.61 Å². The lowest BCUT2D eigenvalue weighted by Gasteiger charge is -2.24. The number of aromatic nitrogens is 2. The van der Waals surface area contributed by atoms with Crippen LogP contribution in [0, 0.1) is 37.8 Å². The highest BCUT2D eigenvalue weighted by Crippen LogP contribution is 2.31. The lowest BCUT2D eigenvalue weighted by molar-refractivity contribution is -0.384. The zero-order valence-electron chi connectivity index (χ0n) is 23.7. The molecule has 2 aromatic carbocycles. The Kier molecular flexibility index (Phi) is 7.35. The van der Waals surface area contributed by atoms with E-state index in [9.17, 15) is 19.7 Å². The molecule has 0 bridgehead atoms. The maximum Gasteiger partial charge on any atom is 0.338 e. The summed E-state index contributed by atoms with van der Waals surface area (Å²) < 4.78 is 9.47. The normalized spacial score (nSPS) is 15.1. The lowest BCUT2D eigenvalue weighted by atomic mass is 9.95.